The maximum atomic E-state index is 8.61. The molecule has 54 valence electrons. The number of hydrogen-bond acceptors (Lipinski definition) is 4. The van der Waals surface area contributed by atoms with Crippen molar-refractivity contribution < 1.29 is 24.5 Å². The topological polar surface area (TPSA) is 82.7 Å². The van der Waals surface area contributed by atoms with Crippen LogP contribution in [0.5, 0.6) is 0 Å². The molecule has 0 bridgehead atoms. The molecule has 4 N–H and O–H groups in total. The maximum absolute atomic E-state index is 8.61. The SMILES string of the molecule is OCC1CO[B-](O)(O)[OH+]1. The van der Waals surface area contributed by atoms with E-state index in [0.29, 0.717) is 0 Å². The van der Waals surface area contributed by atoms with Gasteiger partial charge in [0.15, 0.2) is 6.10 Å². The van der Waals surface area contributed by atoms with E-state index in [1.807, 2.05) is 0 Å². The van der Waals surface area contributed by atoms with Gasteiger partial charge in [-0.3, -0.25) is 0 Å². The van der Waals surface area contributed by atoms with Crippen molar-refractivity contribution in [3.8, 4) is 0 Å². The van der Waals surface area contributed by atoms with Crippen molar-refractivity contribution in [2.24, 2.45) is 0 Å². The van der Waals surface area contributed by atoms with Gasteiger partial charge in [-0.25, -0.2) is 0 Å². The van der Waals surface area contributed by atoms with Gasteiger partial charge in [-0.15, -0.1) is 0 Å². The third kappa shape index (κ3) is 1.63. The molecule has 0 aliphatic carbocycles. The molecule has 0 aromatic carbocycles. The van der Waals surface area contributed by atoms with E-state index in [1.165, 1.54) is 0 Å². The summed E-state index contributed by atoms with van der Waals surface area (Å²) in [6.45, 7) is -3.07. The monoisotopic (exact) mass is 136 g/mol. The Balaban J connectivity index is 2.38. The molecular formula is C3H9BO5. The highest BCUT2D eigenvalue weighted by atomic mass is 16.8. The predicted octanol–water partition coefficient (Wildman–Crippen LogP) is -2.67. The molecule has 1 unspecified atom stereocenters. The van der Waals surface area contributed by atoms with Crippen molar-refractivity contribution in [3.63, 3.8) is 0 Å². The van der Waals surface area contributed by atoms with Gasteiger partial charge in [-0.05, 0) is 0 Å². The average Bonchev–Trinajstić information content (AvgIpc) is 2.10. The first-order valence-corrected chi connectivity index (χ1v) is 2.69. The van der Waals surface area contributed by atoms with E-state index in [2.05, 4.69) is 9.31 Å². The summed E-state index contributed by atoms with van der Waals surface area (Å²) in [7, 11) is 0. The van der Waals surface area contributed by atoms with E-state index in [9.17, 15) is 0 Å². The zero-order valence-electron chi connectivity index (χ0n) is 4.77. The number of hydrogen-bond donors (Lipinski definition) is 3. The quantitative estimate of drug-likeness (QED) is 0.271. The molecule has 0 amide bonds. The van der Waals surface area contributed by atoms with Gasteiger partial charge in [0, 0.05) is 0 Å². The van der Waals surface area contributed by atoms with Gasteiger partial charge in [0.1, 0.15) is 6.61 Å². The smallest absolute Gasteiger partial charge is 0.599 e. The van der Waals surface area contributed by atoms with Gasteiger partial charge in [-0.1, -0.05) is 0 Å². The Morgan fingerprint density at radius 1 is 1.67 bits per heavy atom. The lowest BCUT2D eigenvalue weighted by atomic mass is 10.1. The normalized spacial score (nSPS) is 33.0. The fourth-order valence-corrected chi connectivity index (χ4v) is 0.701. The fourth-order valence-electron chi connectivity index (χ4n) is 0.701. The number of aliphatic hydroxyl groups excluding tert-OH is 1. The van der Waals surface area contributed by atoms with Crippen molar-refractivity contribution in [1.29, 1.82) is 0 Å². The van der Waals surface area contributed by atoms with E-state index in [0.717, 1.165) is 0 Å². The summed E-state index contributed by atoms with van der Waals surface area (Å²) in [5.74, 6) is 0. The van der Waals surface area contributed by atoms with E-state index in [-0.39, 0.29) is 13.2 Å². The van der Waals surface area contributed by atoms with Crippen LogP contribution < -0.4 is 0 Å². The molecule has 1 heterocycles. The Morgan fingerprint density at radius 3 is 2.56 bits per heavy atom. The lowest BCUT2D eigenvalue weighted by molar-refractivity contribution is -0.0378. The van der Waals surface area contributed by atoms with Crippen molar-refractivity contribution in [2.75, 3.05) is 13.2 Å². The predicted molar refractivity (Wildman–Crippen MR) is 29.2 cm³/mol. The van der Waals surface area contributed by atoms with Crippen LogP contribution in [0.25, 0.3) is 0 Å². The second-order valence-corrected chi connectivity index (χ2v) is 1.98. The maximum Gasteiger partial charge on any atom is 0.725 e. The summed E-state index contributed by atoms with van der Waals surface area (Å²) in [6, 6.07) is 0. The van der Waals surface area contributed by atoms with Gasteiger partial charge < -0.3 is 24.5 Å². The van der Waals surface area contributed by atoms with Crippen LogP contribution in [0.2, 0.25) is 0 Å². The molecule has 0 aromatic rings. The summed E-state index contributed by atoms with van der Waals surface area (Å²) < 4.78 is 7.73. The third-order valence-corrected chi connectivity index (χ3v) is 1.13. The van der Waals surface area contributed by atoms with Gasteiger partial charge in [0.05, 0.1) is 6.61 Å². The number of rotatable bonds is 1. The van der Waals surface area contributed by atoms with Crippen molar-refractivity contribution >= 4 is 6.96 Å². The summed E-state index contributed by atoms with van der Waals surface area (Å²) in [5, 5.41) is 25.6. The highest BCUT2D eigenvalue weighted by Gasteiger charge is 2.43. The van der Waals surface area contributed by atoms with Crippen LogP contribution in [0.4, 0.5) is 0 Å². The Bertz CT molecular complexity index is 104. The van der Waals surface area contributed by atoms with Crippen LogP contribution in [-0.4, -0.2) is 46.1 Å². The van der Waals surface area contributed by atoms with Crippen molar-refractivity contribution in [3.05, 3.63) is 0 Å². The molecule has 5 nitrogen and oxygen atoms in total. The van der Waals surface area contributed by atoms with Gasteiger partial charge in [0.2, 0.25) is 0 Å². The summed E-state index contributed by atoms with van der Waals surface area (Å²) >= 11 is 0. The summed E-state index contributed by atoms with van der Waals surface area (Å²) in [5.41, 5.74) is 0. The first-order chi connectivity index (χ1) is 4.14. The zero-order chi connectivity index (χ0) is 6.91. The van der Waals surface area contributed by atoms with Gasteiger partial charge >= 0.3 is 6.96 Å². The van der Waals surface area contributed by atoms with Crippen LogP contribution in [0.1, 0.15) is 0 Å². The molecule has 1 fully saturated rings. The van der Waals surface area contributed by atoms with Crippen LogP contribution in [0, 0.1) is 0 Å². The fraction of sp³-hybridized carbons (Fsp3) is 1.00. The molecule has 1 saturated heterocycles. The minimum Gasteiger partial charge on any atom is -0.599 e. The number of aliphatic hydroxyl groups is 2. The first kappa shape index (κ1) is 6.98. The standard InChI is InChI=1S/C3H9BO5/c5-1-3-2-8-4(6,7)9-3/h3,5-7,9H,1-2H2. The largest absolute Gasteiger partial charge is 0.725 e. The Hall–Kier alpha value is -0.135. The molecule has 1 aliphatic heterocycles. The van der Waals surface area contributed by atoms with Crippen LogP contribution >= 0.6 is 0 Å². The van der Waals surface area contributed by atoms with Crippen LogP contribution in [0.15, 0.2) is 0 Å². The molecule has 1 atom stereocenters. The second-order valence-electron chi connectivity index (χ2n) is 1.98. The van der Waals surface area contributed by atoms with Crippen LogP contribution in [-0.2, 0) is 4.65 Å². The third-order valence-electron chi connectivity index (χ3n) is 1.13. The van der Waals surface area contributed by atoms with E-state index in [4.69, 9.17) is 15.2 Å². The summed E-state index contributed by atoms with van der Waals surface area (Å²) in [6.07, 6.45) is -0.472. The Kier molecular flexibility index (Phi) is 1.74. The molecule has 0 spiro atoms. The van der Waals surface area contributed by atoms with Crippen molar-refractivity contribution in [2.45, 2.75) is 6.10 Å². The molecule has 1 aliphatic rings. The molecule has 6 heteroatoms. The minimum atomic E-state index is -2.95. The highest BCUT2D eigenvalue weighted by Crippen LogP contribution is 2.08. The first-order valence-electron chi connectivity index (χ1n) is 2.69. The molecule has 0 aromatic heterocycles. The Labute approximate surface area is 51.9 Å². The lowest BCUT2D eigenvalue weighted by Crippen LogP contribution is -2.41. The molecule has 0 saturated carbocycles. The minimum absolute atomic E-state index is 0.0868. The molecule has 1 rings (SSSR count). The van der Waals surface area contributed by atoms with Crippen LogP contribution in [0.3, 0.4) is 0 Å². The van der Waals surface area contributed by atoms with E-state index >= 15 is 0 Å². The van der Waals surface area contributed by atoms with E-state index < -0.39 is 13.1 Å². The highest BCUT2D eigenvalue weighted by molar-refractivity contribution is 6.50. The molecule has 9 heavy (non-hydrogen) atoms. The zero-order valence-corrected chi connectivity index (χ0v) is 4.77. The van der Waals surface area contributed by atoms with E-state index in [1.54, 1.807) is 0 Å². The second kappa shape index (κ2) is 2.24. The lowest BCUT2D eigenvalue weighted by Gasteiger charge is -2.13. The van der Waals surface area contributed by atoms with Gasteiger partial charge in [-0.2, -0.15) is 0 Å². The van der Waals surface area contributed by atoms with Gasteiger partial charge in [0.25, 0.3) is 0 Å². The summed E-state index contributed by atoms with van der Waals surface area (Å²) in [4.78, 5) is 0. The average molecular weight is 136 g/mol. The Morgan fingerprint density at radius 2 is 2.33 bits per heavy atom. The van der Waals surface area contributed by atoms with Crippen molar-refractivity contribution in [1.82, 2.24) is 0 Å². The molecule has 0 radical (unpaired) electrons. The molecular weight excluding hydrogens is 127 g/mol.